The van der Waals surface area contributed by atoms with E-state index >= 15 is 0 Å². The van der Waals surface area contributed by atoms with Crippen LogP contribution in [-0.4, -0.2) is 45.8 Å². The maximum absolute atomic E-state index is 12.4. The predicted octanol–water partition coefficient (Wildman–Crippen LogP) is 2.07. The molecule has 0 amide bonds. The molecule has 0 saturated heterocycles. The number of nitrogens with one attached hydrogen (secondary N) is 2. The fourth-order valence-corrected chi connectivity index (χ4v) is 2.73. The largest absolute Gasteiger partial charge is 0.573 e. The molecule has 1 rings (SSSR count). The van der Waals surface area contributed by atoms with Gasteiger partial charge >= 0.3 is 6.36 Å². The van der Waals surface area contributed by atoms with Crippen molar-refractivity contribution in [2.24, 2.45) is 4.99 Å². The fraction of sp³-hybridized carbons (Fsp3) is 0.533. The molecule has 1 aromatic rings. The maximum atomic E-state index is 12.4. The zero-order chi connectivity index (χ0) is 19.1. The lowest BCUT2D eigenvalue weighted by molar-refractivity contribution is -0.274. The SMILES string of the molecule is CN=C(NCc1ccccc1OC(F)(F)F)NC(C)CCS(C)(=O)=O. The van der Waals surface area contributed by atoms with Crippen molar-refractivity contribution in [2.75, 3.05) is 19.1 Å². The van der Waals surface area contributed by atoms with Crippen LogP contribution in [0.1, 0.15) is 18.9 Å². The number of hydrogen-bond acceptors (Lipinski definition) is 4. The molecule has 0 aliphatic rings. The Bertz CT molecular complexity index is 691. The minimum Gasteiger partial charge on any atom is -0.405 e. The number of nitrogens with zero attached hydrogens (tertiary/aromatic N) is 1. The Morgan fingerprint density at radius 1 is 1.32 bits per heavy atom. The summed E-state index contributed by atoms with van der Waals surface area (Å²) >= 11 is 0. The molecule has 1 aromatic carbocycles. The lowest BCUT2D eigenvalue weighted by Gasteiger charge is -2.19. The molecule has 0 saturated carbocycles. The van der Waals surface area contributed by atoms with E-state index in [1.165, 1.54) is 25.2 Å². The smallest absolute Gasteiger partial charge is 0.405 e. The fourth-order valence-electron chi connectivity index (χ4n) is 1.94. The van der Waals surface area contributed by atoms with Crippen molar-refractivity contribution >= 4 is 15.8 Å². The summed E-state index contributed by atoms with van der Waals surface area (Å²) in [7, 11) is -1.55. The monoisotopic (exact) mass is 381 g/mol. The molecule has 0 bridgehead atoms. The first-order valence-electron chi connectivity index (χ1n) is 7.49. The van der Waals surface area contributed by atoms with Gasteiger partial charge in [0.1, 0.15) is 15.6 Å². The molecule has 0 heterocycles. The molecule has 1 atom stereocenters. The summed E-state index contributed by atoms with van der Waals surface area (Å²) in [6, 6.07) is 5.61. The van der Waals surface area contributed by atoms with E-state index in [1.54, 1.807) is 13.0 Å². The van der Waals surface area contributed by atoms with Gasteiger partial charge in [-0.25, -0.2) is 8.42 Å². The van der Waals surface area contributed by atoms with Gasteiger partial charge in [0.25, 0.3) is 0 Å². The van der Waals surface area contributed by atoms with Crippen molar-refractivity contribution in [1.82, 2.24) is 10.6 Å². The van der Waals surface area contributed by atoms with Gasteiger partial charge in [-0.15, -0.1) is 13.2 Å². The van der Waals surface area contributed by atoms with Crippen LogP contribution in [-0.2, 0) is 16.4 Å². The lowest BCUT2D eigenvalue weighted by Crippen LogP contribution is -2.42. The van der Waals surface area contributed by atoms with E-state index in [1.807, 2.05) is 0 Å². The van der Waals surface area contributed by atoms with Crippen LogP contribution in [0.4, 0.5) is 13.2 Å². The Kier molecular flexibility index (Phi) is 7.53. The average molecular weight is 381 g/mol. The first kappa shape index (κ1) is 21.1. The second-order valence-corrected chi connectivity index (χ2v) is 7.80. The number of halogens is 3. The topological polar surface area (TPSA) is 79.8 Å². The number of guanidine groups is 1. The molecule has 0 spiro atoms. The third kappa shape index (κ3) is 9.18. The van der Waals surface area contributed by atoms with E-state index in [0.717, 1.165) is 6.26 Å². The van der Waals surface area contributed by atoms with Crippen molar-refractivity contribution in [1.29, 1.82) is 0 Å². The van der Waals surface area contributed by atoms with Gasteiger partial charge in [0, 0.05) is 31.5 Å². The highest BCUT2D eigenvalue weighted by molar-refractivity contribution is 7.90. The first-order valence-corrected chi connectivity index (χ1v) is 9.55. The van der Waals surface area contributed by atoms with E-state index in [0.29, 0.717) is 17.9 Å². The van der Waals surface area contributed by atoms with Gasteiger partial charge in [-0.05, 0) is 19.4 Å². The molecular weight excluding hydrogens is 359 g/mol. The molecule has 0 radical (unpaired) electrons. The van der Waals surface area contributed by atoms with E-state index in [4.69, 9.17) is 0 Å². The number of ether oxygens (including phenoxy) is 1. The Morgan fingerprint density at radius 2 is 1.96 bits per heavy atom. The van der Waals surface area contributed by atoms with Crippen LogP contribution in [0.3, 0.4) is 0 Å². The Balaban J connectivity index is 2.64. The van der Waals surface area contributed by atoms with Gasteiger partial charge in [0.05, 0.1) is 5.75 Å². The van der Waals surface area contributed by atoms with Gasteiger partial charge in [0.15, 0.2) is 5.96 Å². The van der Waals surface area contributed by atoms with Crippen molar-refractivity contribution in [3.63, 3.8) is 0 Å². The van der Waals surface area contributed by atoms with E-state index in [9.17, 15) is 21.6 Å². The second-order valence-electron chi connectivity index (χ2n) is 5.55. The Hall–Kier alpha value is -1.97. The maximum Gasteiger partial charge on any atom is 0.573 e. The molecule has 0 fully saturated rings. The quantitative estimate of drug-likeness (QED) is 0.558. The molecule has 0 aliphatic carbocycles. The zero-order valence-corrected chi connectivity index (χ0v) is 15.0. The summed E-state index contributed by atoms with van der Waals surface area (Å²) < 4.78 is 63.6. The molecule has 0 aliphatic heterocycles. The molecule has 142 valence electrons. The average Bonchev–Trinajstić information content (AvgIpc) is 2.48. The number of rotatable bonds is 7. The summed E-state index contributed by atoms with van der Waals surface area (Å²) in [5.41, 5.74) is 0.312. The predicted molar refractivity (Wildman–Crippen MR) is 90.2 cm³/mol. The summed E-state index contributed by atoms with van der Waals surface area (Å²) in [6.07, 6.45) is -3.23. The number of benzene rings is 1. The molecule has 1 unspecified atom stereocenters. The summed E-state index contributed by atoms with van der Waals surface area (Å²) in [5.74, 6) is 0.0892. The van der Waals surface area contributed by atoms with Crippen LogP contribution in [0.15, 0.2) is 29.3 Å². The zero-order valence-electron chi connectivity index (χ0n) is 14.2. The van der Waals surface area contributed by atoms with Crippen molar-refractivity contribution in [3.8, 4) is 5.75 Å². The van der Waals surface area contributed by atoms with E-state index < -0.39 is 16.2 Å². The molecule has 10 heteroatoms. The Labute approximate surface area is 145 Å². The Morgan fingerprint density at radius 3 is 2.52 bits per heavy atom. The molecular formula is C15H22F3N3O3S. The third-order valence-electron chi connectivity index (χ3n) is 3.17. The van der Waals surface area contributed by atoms with Gasteiger partial charge in [0.2, 0.25) is 0 Å². The number of sulfone groups is 1. The minimum absolute atomic E-state index is 0.0282. The molecule has 2 N–H and O–H groups in total. The van der Waals surface area contributed by atoms with Crippen LogP contribution >= 0.6 is 0 Å². The van der Waals surface area contributed by atoms with Crippen LogP contribution in [0.5, 0.6) is 5.75 Å². The standard InChI is InChI=1S/C15H22F3N3O3S/c1-11(8-9-25(3,22)23)21-14(19-2)20-10-12-6-4-5-7-13(12)24-15(16,17)18/h4-7,11H,8-10H2,1-3H3,(H2,19,20,21). The van der Waals surface area contributed by atoms with Crippen LogP contribution in [0.2, 0.25) is 0 Å². The molecule has 6 nitrogen and oxygen atoms in total. The second kappa shape index (κ2) is 8.93. The van der Waals surface area contributed by atoms with E-state index in [2.05, 4.69) is 20.4 Å². The third-order valence-corrected chi connectivity index (χ3v) is 4.15. The van der Waals surface area contributed by atoms with Crippen molar-refractivity contribution < 1.29 is 26.3 Å². The molecule has 25 heavy (non-hydrogen) atoms. The van der Waals surface area contributed by atoms with Gasteiger partial charge < -0.3 is 15.4 Å². The number of aliphatic imine (C=N–C) groups is 1. The summed E-state index contributed by atoms with van der Waals surface area (Å²) in [6.45, 7) is 1.85. The van der Waals surface area contributed by atoms with Crippen LogP contribution < -0.4 is 15.4 Å². The van der Waals surface area contributed by atoms with E-state index in [-0.39, 0.29) is 24.1 Å². The normalized spacial score (nSPS) is 14.1. The number of hydrogen-bond donors (Lipinski definition) is 2. The van der Waals surface area contributed by atoms with Crippen LogP contribution in [0, 0.1) is 0 Å². The highest BCUT2D eigenvalue weighted by atomic mass is 32.2. The van der Waals surface area contributed by atoms with Crippen molar-refractivity contribution in [3.05, 3.63) is 29.8 Å². The highest BCUT2D eigenvalue weighted by Crippen LogP contribution is 2.25. The first-order chi connectivity index (χ1) is 11.5. The number of para-hydroxylation sites is 1. The molecule has 0 aromatic heterocycles. The van der Waals surface area contributed by atoms with Crippen LogP contribution in [0.25, 0.3) is 0 Å². The number of alkyl halides is 3. The van der Waals surface area contributed by atoms with Crippen molar-refractivity contribution in [2.45, 2.75) is 32.3 Å². The van der Waals surface area contributed by atoms with Gasteiger partial charge in [-0.3, -0.25) is 4.99 Å². The van der Waals surface area contributed by atoms with Gasteiger partial charge in [-0.1, -0.05) is 18.2 Å². The minimum atomic E-state index is -4.77. The highest BCUT2D eigenvalue weighted by Gasteiger charge is 2.31. The lowest BCUT2D eigenvalue weighted by atomic mass is 10.2. The summed E-state index contributed by atoms with van der Waals surface area (Å²) in [5, 5.41) is 5.87. The summed E-state index contributed by atoms with van der Waals surface area (Å²) in [4.78, 5) is 3.97. The van der Waals surface area contributed by atoms with Gasteiger partial charge in [-0.2, -0.15) is 0 Å².